The second-order valence-electron chi connectivity index (χ2n) is 7.85. The maximum atomic E-state index is 13.5. The lowest BCUT2D eigenvalue weighted by molar-refractivity contribution is -0.113. The molecular weight excluding hydrogens is 408 g/mol. The van der Waals surface area contributed by atoms with Crippen LogP contribution in [0.15, 0.2) is 53.7 Å². The highest BCUT2D eigenvalue weighted by Gasteiger charge is 2.34. The molecule has 166 valence electrons. The lowest BCUT2D eigenvalue weighted by atomic mass is 9.92. The van der Waals surface area contributed by atoms with Gasteiger partial charge in [0.05, 0.1) is 25.5 Å². The van der Waals surface area contributed by atoms with Crippen LogP contribution >= 0.6 is 0 Å². The standard InChI is InChI=1S/C23H26N6O3/c1-13(2)15-6-8-16(9-7-15)21-20(14(3)24-23-26-27-28-29(21)23)22(30)25-18-12-17(31-4)10-11-19(18)32-5/h6-13,21H,1-5H3,(H,25,30)(H,24,26,28)/t21-/m1/s1. The van der Waals surface area contributed by atoms with E-state index in [9.17, 15) is 4.79 Å². The van der Waals surface area contributed by atoms with E-state index >= 15 is 0 Å². The first-order chi connectivity index (χ1) is 15.4. The third-order valence-electron chi connectivity index (χ3n) is 5.53. The SMILES string of the molecule is COc1ccc(OC)c(NC(=O)C2=C(C)Nc3nnnn3[C@@H]2c2ccc(C(C)C)cc2)c1. The second-order valence-corrected chi connectivity index (χ2v) is 7.85. The van der Waals surface area contributed by atoms with Gasteiger partial charge in [-0.3, -0.25) is 4.79 Å². The molecule has 0 aliphatic carbocycles. The minimum atomic E-state index is -0.487. The van der Waals surface area contributed by atoms with Crippen molar-refractivity contribution in [2.75, 3.05) is 24.9 Å². The average molecular weight is 435 g/mol. The molecular formula is C23H26N6O3. The van der Waals surface area contributed by atoms with Gasteiger partial charge in [0, 0.05) is 11.8 Å². The molecule has 2 aromatic carbocycles. The number of methoxy groups -OCH3 is 2. The van der Waals surface area contributed by atoms with Crippen molar-refractivity contribution < 1.29 is 14.3 Å². The lowest BCUT2D eigenvalue weighted by Gasteiger charge is -2.28. The Kier molecular flexibility index (Phi) is 5.81. The predicted molar refractivity (Wildman–Crippen MR) is 121 cm³/mol. The number of nitrogens with one attached hydrogen (secondary N) is 2. The Morgan fingerprint density at radius 1 is 1.12 bits per heavy atom. The molecule has 9 nitrogen and oxygen atoms in total. The Morgan fingerprint density at radius 2 is 1.88 bits per heavy atom. The maximum Gasteiger partial charge on any atom is 0.255 e. The van der Waals surface area contributed by atoms with Crippen LogP contribution in [0.2, 0.25) is 0 Å². The molecule has 0 saturated carbocycles. The van der Waals surface area contributed by atoms with Crippen molar-refractivity contribution >= 4 is 17.5 Å². The molecule has 2 heterocycles. The number of benzene rings is 2. The summed E-state index contributed by atoms with van der Waals surface area (Å²) in [5.74, 6) is 1.73. The molecule has 0 spiro atoms. The van der Waals surface area contributed by atoms with Crippen molar-refractivity contribution in [1.29, 1.82) is 0 Å². The molecule has 1 aliphatic heterocycles. The van der Waals surface area contributed by atoms with E-state index in [4.69, 9.17) is 9.47 Å². The quantitative estimate of drug-likeness (QED) is 0.609. The fourth-order valence-electron chi connectivity index (χ4n) is 3.78. The molecule has 1 atom stereocenters. The fraction of sp³-hybridized carbons (Fsp3) is 0.304. The van der Waals surface area contributed by atoms with Gasteiger partial charge in [0.1, 0.15) is 17.5 Å². The Bertz CT molecular complexity index is 1170. The zero-order valence-corrected chi connectivity index (χ0v) is 18.7. The van der Waals surface area contributed by atoms with Crippen molar-refractivity contribution in [2.45, 2.75) is 32.7 Å². The van der Waals surface area contributed by atoms with Gasteiger partial charge in [-0.1, -0.05) is 43.2 Å². The number of nitrogens with zero attached hydrogens (tertiary/aromatic N) is 4. The zero-order chi connectivity index (χ0) is 22.8. The number of carbonyl (C=O) groups is 1. The molecule has 3 aromatic rings. The van der Waals surface area contributed by atoms with Crippen molar-refractivity contribution in [3.8, 4) is 11.5 Å². The minimum Gasteiger partial charge on any atom is -0.497 e. The number of ether oxygens (including phenoxy) is 2. The molecule has 0 saturated heterocycles. The Balaban J connectivity index is 1.74. The normalized spacial score (nSPS) is 15.2. The van der Waals surface area contributed by atoms with Crippen LogP contribution < -0.4 is 20.1 Å². The number of anilines is 2. The maximum absolute atomic E-state index is 13.5. The van der Waals surface area contributed by atoms with Crippen molar-refractivity contribution in [2.24, 2.45) is 0 Å². The summed E-state index contributed by atoms with van der Waals surface area (Å²) in [7, 11) is 3.12. The second kappa shape index (κ2) is 8.70. The van der Waals surface area contributed by atoms with Crippen LogP contribution in [-0.4, -0.2) is 40.3 Å². The minimum absolute atomic E-state index is 0.291. The van der Waals surface area contributed by atoms with Crippen LogP contribution in [0.3, 0.4) is 0 Å². The molecule has 0 bridgehead atoms. The number of hydrogen-bond acceptors (Lipinski definition) is 7. The van der Waals surface area contributed by atoms with Gasteiger partial charge >= 0.3 is 0 Å². The largest absolute Gasteiger partial charge is 0.497 e. The van der Waals surface area contributed by atoms with Crippen LogP contribution in [0.1, 0.15) is 43.9 Å². The van der Waals surface area contributed by atoms with Gasteiger partial charge in [-0.2, -0.15) is 4.68 Å². The van der Waals surface area contributed by atoms with Crippen molar-refractivity contribution in [3.05, 3.63) is 64.9 Å². The van der Waals surface area contributed by atoms with E-state index in [1.165, 1.54) is 5.56 Å². The number of aromatic nitrogens is 4. The highest BCUT2D eigenvalue weighted by Crippen LogP contribution is 2.36. The number of allylic oxidation sites excluding steroid dienone is 1. The van der Waals surface area contributed by atoms with E-state index in [0.717, 1.165) is 5.56 Å². The van der Waals surface area contributed by atoms with Crippen LogP contribution in [0.25, 0.3) is 0 Å². The van der Waals surface area contributed by atoms with Gasteiger partial charge in [-0.05, 0) is 46.5 Å². The van der Waals surface area contributed by atoms with Crippen LogP contribution in [-0.2, 0) is 4.79 Å². The number of rotatable bonds is 6. The molecule has 0 unspecified atom stereocenters. The Morgan fingerprint density at radius 3 is 2.53 bits per heavy atom. The molecule has 32 heavy (non-hydrogen) atoms. The first-order valence-corrected chi connectivity index (χ1v) is 10.3. The molecule has 1 amide bonds. The third kappa shape index (κ3) is 3.89. The zero-order valence-electron chi connectivity index (χ0n) is 18.7. The Hall–Kier alpha value is -3.88. The molecule has 2 N–H and O–H groups in total. The number of fused-ring (bicyclic) bond motifs is 1. The van der Waals surface area contributed by atoms with Gasteiger partial charge < -0.3 is 20.1 Å². The van der Waals surface area contributed by atoms with Gasteiger partial charge in [-0.15, -0.1) is 0 Å². The molecule has 9 heteroatoms. The van der Waals surface area contributed by atoms with E-state index in [1.807, 2.05) is 19.1 Å². The van der Waals surface area contributed by atoms with Crippen LogP contribution in [0.4, 0.5) is 11.6 Å². The van der Waals surface area contributed by atoms with Crippen LogP contribution in [0, 0.1) is 0 Å². The molecule has 0 fully saturated rings. The number of amides is 1. The number of hydrogen-bond donors (Lipinski definition) is 2. The van der Waals surface area contributed by atoms with E-state index in [2.05, 4.69) is 52.1 Å². The third-order valence-corrected chi connectivity index (χ3v) is 5.53. The summed E-state index contributed by atoms with van der Waals surface area (Å²) < 4.78 is 12.3. The van der Waals surface area contributed by atoms with Gasteiger partial charge in [0.2, 0.25) is 5.95 Å². The summed E-state index contributed by atoms with van der Waals surface area (Å²) >= 11 is 0. The van der Waals surface area contributed by atoms with E-state index in [1.54, 1.807) is 37.1 Å². The summed E-state index contributed by atoms with van der Waals surface area (Å²) in [6, 6.07) is 12.9. The Labute approximate surface area is 186 Å². The molecule has 4 rings (SSSR count). The molecule has 1 aromatic heterocycles. The first-order valence-electron chi connectivity index (χ1n) is 10.3. The van der Waals surface area contributed by atoms with Gasteiger partial charge in [0.15, 0.2) is 0 Å². The highest BCUT2D eigenvalue weighted by atomic mass is 16.5. The van der Waals surface area contributed by atoms with E-state index in [-0.39, 0.29) is 5.91 Å². The summed E-state index contributed by atoms with van der Waals surface area (Å²) in [6.07, 6.45) is 0. The summed E-state index contributed by atoms with van der Waals surface area (Å²) in [5.41, 5.74) is 3.81. The van der Waals surface area contributed by atoms with Gasteiger partial charge in [0.25, 0.3) is 5.91 Å². The smallest absolute Gasteiger partial charge is 0.255 e. The number of carbonyl (C=O) groups excluding carboxylic acids is 1. The van der Waals surface area contributed by atoms with E-state index in [0.29, 0.717) is 40.3 Å². The van der Waals surface area contributed by atoms with Crippen molar-refractivity contribution in [3.63, 3.8) is 0 Å². The monoisotopic (exact) mass is 434 g/mol. The summed E-state index contributed by atoms with van der Waals surface area (Å²) in [5, 5.41) is 18.1. The first kappa shape index (κ1) is 21.4. The van der Waals surface area contributed by atoms with Gasteiger partial charge in [-0.25, -0.2) is 0 Å². The lowest BCUT2D eigenvalue weighted by Crippen LogP contribution is -2.31. The summed E-state index contributed by atoms with van der Waals surface area (Å²) in [6.45, 7) is 6.12. The topological polar surface area (TPSA) is 103 Å². The summed E-state index contributed by atoms with van der Waals surface area (Å²) in [4.78, 5) is 13.5. The van der Waals surface area contributed by atoms with Crippen molar-refractivity contribution in [1.82, 2.24) is 20.2 Å². The molecule has 0 radical (unpaired) electrons. The number of tetrazole rings is 1. The predicted octanol–water partition coefficient (Wildman–Crippen LogP) is 3.74. The van der Waals surface area contributed by atoms with E-state index < -0.39 is 6.04 Å². The average Bonchev–Trinajstić information content (AvgIpc) is 3.26. The fourth-order valence-corrected chi connectivity index (χ4v) is 3.78. The van der Waals surface area contributed by atoms with Crippen LogP contribution in [0.5, 0.6) is 11.5 Å². The highest BCUT2D eigenvalue weighted by molar-refractivity contribution is 6.06. The molecule has 1 aliphatic rings.